The van der Waals surface area contributed by atoms with E-state index in [2.05, 4.69) is 29.7 Å². The fraction of sp³-hybridized carbons (Fsp3) is 0.174. The zero-order valence-electron chi connectivity index (χ0n) is 15.4. The molecule has 3 rings (SSSR count). The minimum absolute atomic E-state index is 0.0233. The second kappa shape index (κ2) is 9.43. The molecule has 0 radical (unpaired) electrons. The standard InChI is InChI=1S/C23H24N2O2/c1-18-13-15-19(16-14-18)24-21-10-5-6-11-22(21)25-23(26)12-7-17-27-20-8-3-2-4-9-20/h2-6,8-11,13-16,24H,7,12,17H2,1H3,(H,25,26). The highest BCUT2D eigenvalue weighted by atomic mass is 16.5. The molecule has 4 heteroatoms. The normalized spacial score (nSPS) is 10.3. The van der Waals surface area contributed by atoms with Crippen molar-refractivity contribution in [3.63, 3.8) is 0 Å². The van der Waals surface area contributed by atoms with Gasteiger partial charge in [0.1, 0.15) is 5.75 Å². The van der Waals surface area contributed by atoms with Gasteiger partial charge in [-0.2, -0.15) is 0 Å². The first-order valence-corrected chi connectivity index (χ1v) is 9.11. The molecule has 0 aliphatic heterocycles. The fourth-order valence-corrected chi connectivity index (χ4v) is 2.65. The molecule has 0 atom stereocenters. The number of anilines is 3. The molecule has 2 N–H and O–H groups in total. The van der Waals surface area contributed by atoms with Gasteiger partial charge >= 0.3 is 0 Å². The summed E-state index contributed by atoms with van der Waals surface area (Å²) in [4.78, 5) is 12.3. The molecule has 0 aromatic heterocycles. The topological polar surface area (TPSA) is 50.4 Å². The van der Waals surface area contributed by atoms with Crippen molar-refractivity contribution in [1.29, 1.82) is 0 Å². The number of para-hydroxylation sites is 3. The van der Waals surface area contributed by atoms with Crippen LogP contribution in [0.4, 0.5) is 17.1 Å². The van der Waals surface area contributed by atoms with E-state index in [0.29, 0.717) is 19.4 Å². The average molecular weight is 360 g/mol. The highest BCUT2D eigenvalue weighted by molar-refractivity contribution is 5.94. The number of carbonyl (C=O) groups excluding carboxylic acids is 1. The Balaban J connectivity index is 1.51. The van der Waals surface area contributed by atoms with Gasteiger partial charge in [-0.1, -0.05) is 48.0 Å². The molecular weight excluding hydrogens is 336 g/mol. The van der Waals surface area contributed by atoms with Crippen molar-refractivity contribution < 1.29 is 9.53 Å². The molecule has 0 unspecified atom stereocenters. The lowest BCUT2D eigenvalue weighted by atomic mass is 10.2. The monoisotopic (exact) mass is 360 g/mol. The van der Waals surface area contributed by atoms with E-state index >= 15 is 0 Å². The van der Waals surface area contributed by atoms with Crippen LogP contribution in [0.25, 0.3) is 0 Å². The number of aryl methyl sites for hydroxylation is 1. The molecule has 0 fully saturated rings. The molecule has 4 nitrogen and oxygen atoms in total. The van der Waals surface area contributed by atoms with Crippen molar-refractivity contribution in [3.05, 3.63) is 84.4 Å². The molecule has 0 aliphatic carbocycles. The lowest BCUT2D eigenvalue weighted by Crippen LogP contribution is -2.13. The molecule has 3 aromatic carbocycles. The SMILES string of the molecule is Cc1ccc(Nc2ccccc2NC(=O)CCCOc2ccccc2)cc1. The van der Waals surface area contributed by atoms with E-state index in [0.717, 1.165) is 22.8 Å². The van der Waals surface area contributed by atoms with Crippen LogP contribution in [0.15, 0.2) is 78.9 Å². The summed E-state index contributed by atoms with van der Waals surface area (Å²) in [5, 5.41) is 6.34. The van der Waals surface area contributed by atoms with Gasteiger partial charge in [-0.25, -0.2) is 0 Å². The summed E-state index contributed by atoms with van der Waals surface area (Å²) in [7, 11) is 0. The van der Waals surface area contributed by atoms with Crippen LogP contribution in [0.5, 0.6) is 5.75 Å². The molecule has 0 aliphatic rings. The Labute approximate surface area is 160 Å². The summed E-state index contributed by atoms with van der Waals surface area (Å²) >= 11 is 0. The predicted octanol–water partition coefficient (Wildman–Crippen LogP) is 5.54. The first kappa shape index (κ1) is 18.5. The Bertz CT molecular complexity index is 861. The predicted molar refractivity (Wildman–Crippen MR) is 111 cm³/mol. The number of carbonyl (C=O) groups is 1. The van der Waals surface area contributed by atoms with Gasteiger partial charge in [0.15, 0.2) is 0 Å². The molecule has 138 valence electrons. The zero-order chi connectivity index (χ0) is 18.9. The first-order valence-electron chi connectivity index (χ1n) is 9.11. The van der Waals surface area contributed by atoms with Gasteiger partial charge in [-0.3, -0.25) is 4.79 Å². The summed E-state index contributed by atoms with van der Waals surface area (Å²) in [5.74, 6) is 0.801. The second-order valence-corrected chi connectivity index (χ2v) is 6.35. The van der Waals surface area contributed by atoms with Crippen LogP contribution < -0.4 is 15.4 Å². The molecule has 27 heavy (non-hydrogen) atoms. The number of rotatable bonds is 8. The third-order valence-corrected chi connectivity index (χ3v) is 4.09. The molecule has 1 amide bonds. The summed E-state index contributed by atoms with van der Waals surface area (Å²) < 4.78 is 5.63. The van der Waals surface area contributed by atoms with Gasteiger partial charge in [-0.15, -0.1) is 0 Å². The molecule has 3 aromatic rings. The maximum atomic E-state index is 12.3. The van der Waals surface area contributed by atoms with E-state index in [1.165, 1.54) is 5.56 Å². The van der Waals surface area contributed by atoms with Gasteiger partial charge in [0, 0.05) is 12.1 Å². The largest absolute Gasteiger partial charge is 0.494 e. The Morgan fingerprint density at radius 1 is 0.852 bits per heavy atom. The van der Waals surface area contributed by atoms with Crippen molar-refractivity contribution in [1.82, 2.24) is 0 Å². The number of benzene rings is 3. The van der Waals surface area contributed by atoms with Crippen LogP contribution in [0.1, 0.15) is 18.4 Å². The number of amides is 1. The Kier molecular flexibility index (Phi) is 6.47. The van der Waals surface area contributed by atoms with Crippen LogP contribution in [0.2, 0.25) is 0 Å². The number of hydrogen-bond donors (Lipinski definition) is 2. The van der Waals surface area contributed by atoms with Crippen LogP contribution in [-0.4, -0.2) is 12.5 Å². The molecule has 0 heterocycles. The molecular formula is C23H24N2O2. The average Bonchev–Trinajstić information content (AvgIpc) is 2.69. The highest BCUT2D eigenvalue weighted by Gasteiger charge is 2.07. The zero-order valence-corrected chi connectivity index (χ0v) is 15.4. The van der Waals surface area contributed by atoms with E-state index in [1.54, 1.807) is 0 Å². The summed E-state index contributed by atoms with van der Waals surface area (Å²) in [6.07, 6.45) is 1.07. The van der Waals surface area contributed by atoms with Crippen molar-refractivity contribution in [2.75, 3.05) is 17.2 Å². The number of hydrogen-bond acceptors (Lipinski definition) is 3. The Hall–Kier alpha value is -3.27. The molecule has 0 spiro atoms. The van der Waals surface area contributed by atoms with Crippen LogP contribution in [0, 0.1) is 6.92 Å². The Morgan fingerprint density at radius 2 is 1.52 bits per heavy atom. The fourth-order valence-electron chi connectivity index (χ4n) is 2.65. The third kappa shape index (κ3) is 5.89. The first-order chi connectivity index (χ1) is 13.2. The van der Waals surface area contributed by atoms with Crippen LogP contribution in [-0.2, 0) is 4.79 Å². The molecule has 0 bridgehead atoms. The van der Waals surface area contributed by atoms with E-state index in [4.69, 9.17) is 4.74 Å². The Morgan fingerprint density at radius 3 is 2.26 bits per heavy atom. The lowest BCUT2D eigenvalue weighted by molar-refractivity contribution is -0.116. The van der Waals surface area contributed by atoms with Gasteiger partial charge in [0.05, 0.1) is 18.0 Å². The van der Waals surface area contributed by atoms with Gasteiger partial charge in [0.25, 0.3) is 0 Å². The second-order valence-electron chi connectivity index (χ2n) is 6.35. The van der Waals surface area contributed by atoms with Crippen molar-refractivity contribution in [3.8, 4) is 5.75 Å². The smallest absolute Gasteiger partial charge is 0.224 e. The summed E-state index contributed by atoms with van der Waals surface area (Å²) in [5.41, 5.74) is 3.83. The number of nitrogens with one attached hydrogen (secondary N) is 2. The minimum atomic E-state index is -0.0233. The van der Waals surface area contributed by atoms with E-state index in [1.807, 2.05) is 66.7 Å². The van der Waals surface area contributed by atoms with Gasteiger partial charge in [-0.05, 0) is 49.7 Å². The number of ether oxygens (including phenoxy) is 1. The van der Waals surface area contributed by atoms with E-state index in [9.17, 15) is 4.79 Å². The highest BCUT2D eigenvalue weighted by Crippen LogP contribution is 2.25. The van der Waals surface area contributed by atoms with Crippen molar-refractivity contribution >= 4 is 23.0 Å². The van der Waals surface area contributed by atoms with E-state index in [-0.39, 0.29) is 5.91 Å². The quantitative estimate of drug-likeness (QED) is 0.519. The van der Waals surface area contributed by atoms with Gasteiger partial charge in [0.2, 0.25) is 5.91 Å². The maximum absolute atomic E-state index is 12.3. The van der Waals surface area contributed by atoms with Crippen molar-refractivity contribution in [2.24, 2.45) is 0 Å². The summed E-state index contributed by atoms with van der Waals surface area (Å²) in [6, 6.07) is 25.5. The van der Waals surface area contributed by atoms with Gasteiger partial charge < -0.3 is 15.4 Å². The lowest BCUT2D eigenvalue weighted by Gasteiger charge is -2.13. The third-order valence-electron chi connectivity index (χ3n) is 4.09. The minimum Gasteiger partial charge on any atom is -0.494 e. The molecule has 0 saturated heterocycles. The van der Waals surface area contributed by atoms with Crippen LogP contribution >= 0.6 is 0 Å². The van der Waals surface area contributed by atoms with E-state index < -0.39 is 0 Å². The van der Waals surface area contributed by atoms with Crippen LogP contribution in [0.3, 0.4) is 0 Å². The maximum Gasteiger partial charge on any atom is 0.224 e. The molecule has 0 saturated carbocycles. The summed E-state index contributed by atoms with van der Waals surface area (Å²) in [6.45, 7) is 2.57. The van der Waals surface area contributed by atoms with Crippen molar-refractivity contribution in [2.45, 2.75) is 19.8 Å².